The summed E-state index contributed by atoms with van der Waals surface area (Å²) in [4.78, 5) is 11.9. The van der Waals surface area contributed by atoms with Crippen LogP contribution < -0.4 is 15.0 Å². The fourth-order valence-electron chi connectivity index (χ4n) is 5.19. The summed E-state index contributed by atoms with van der Waals surface area (Å²) in [5.74, 6) is 1.53. The molecule has 0 aliphatic carbocycles. The lowest BCUT2D eigenvalue weighted by Gasteiger charge is -2.31. The van der Waals surface area contributed by atoms with Crippen molar-refractivity contribution in [2.75, 3.05) is 11.9 Å². The molecule has 3 unspecified atom stereocenters. The van der Waals surface area contributed by atoms with E-state index in [-0.39, 0.29) is 0 Å². The van der Waals surface area contributed by atoms with Gasteiger partial charge in [0.2, 0.25) is 5.88 Å². The minimum Gasteiger partial charge on any atom is -0.471 e. The van der Waals surface area contributed by atoms with Crippen molar-refractivity contribution in [3.05, 3.63) is 42.4 Å². The molecule has 154 valence electrons. The van der Waals surface area contributed by atoms with Gasteiger partial charge >= 0.3 is 0 Å². The molecule has 0 radical (unpaired) electrons. The van der Waals surface area contributed by atoms with Crippen LogP contribution in [0.2, 0.25) is 0 Å². The lowest BCUT2D eigenvalue weighted by Crippen LogP contribution is -2.36. The van der Waals surface area contributed by atoms with Crippen LogP contribution in [0.1, 0.15) is 37.7 Å². The number of ether oxygens (including phenoxy) is 1. The van der Waals surface area contributed by atoms with Crippen LogP contribution in [0.4, 0.5) is 5.82 Å². The summed E-state index contributed by atoms with van der Waals surface area (Å²) in [6.07, 6.45) is 11.9. The Morgan fingerprint density at radius 3 is 2.87 bits per heavy atom. The smallest absolute Gasteiger partial charge is 0.242 e. The highest BCUT2D eigenvalue weighted by Gasteiger charge is 2.32. The van der Waals surface area contributed by atoms with Crippen LogP contribution in [0.5, 0.6) is 5.88 Å². The normalized spacial score (nSPS) is 24.5. The molecule has 7 nitrogen and oxygen atoms in total. The van der Waals surface area contributed by atoms with Crippen molar-refractivity contribution in [3.63, 3.8) is 0 Å². The third kappa shape index (κ3) is 3.04. The molecule has 2 fully saturated rings. The van der Waals surface area contributed by atoms with Gasteiger partial charge in [0.1, 0.15) is 12.3 Å². The van der Waals surface area contributed by atoms with Gasteiger partial charge in [0.05, 0.1) is 12.4 Å². The first kappa shape index (κ1) is 17.9. The van der Waals surface area contributed by atoms with Crippen LogP contribution in [0.3, 0.4) is 0 Å². The van der Waals surface area contributed by atoms with Crippen molar-refractivity contribution >= 4 is 5.82 Å². The maximum absolute atomic E-state index is 6.04. The molecule has 2 aromatic heterocycles. The average molecular weight is 403 g/mol. The number of benzene rings is 1. The molecule has 30 heavy (non-hydrogen) atoms. The predicted octanol–water partition coefficient (Wildman–Crippen LogP) is 3.54. The Labute approximate surface area is 175 Å². The molecule has 3 aliphatic rings. The minimum absolute atomic E-state index is 0.494. The van der Waals surface area contributed by atoms with Crippen molar-refractivity contribution in [1.82, 2.24) is 25.5 Å². The summed E-state index contributed by atoms with van der Waals surface area (Å²) in [7, 11) is 2.15. The van der Waals surface area contributed by atoms with Gasteiger partial charge in [-0.3, -0.25) is 5.10 Å². The SMILES string of the molecule is CN(c1cnc2c(n1)OCc1cc(-c3cn[nH]c3)ccc1-2)C1CCC2CCC(C1)N2. The molecule has 7 heteroatoms. The van der Waals surface area contributed by atoms with Crippen molar-refractivity contribution in [2.45, 2.75) is 56.8 Å². The Kier molecular flexibility index (Phi) is 4.23. The molecule has 5 heterocycles. The largest absolute Gasteiger partial charge is 0.471 e. The molecule has 6 rings (SSSR count). The van der Waals surface area contributed by atoms with E-state index in [1.165, 1.54) is 32.1 Å². The molecular formula is C23H26N6O. The number of aromatic amines is 1. The Balaban J connectivity index is 1.27. The van der Waals surface area contributed by atoms with E-state index in [4.69, 9.17) is 14.7 Å². The first-order chi connectivity index (χ1) is 14.7. The van der Waals surface area contributed by atoms with Gasteiger partial charge in [-0.05, 0) is 49.3 Å². The van der Waals surface area contributed by atoms with E-state index in [2.05, 4.69) is 45.7 Å². The monoisotopic (exact) mass is 402 g/mol. The number of nitrogens with one attached hydrogen (secondary N) is 2. The van der Waals surface area contributed by atoms with E-state index < -0.39 is 0 Å². The number of hydrogen-bond acceptors (Lipinski definition) is 6. The average Bonchev–Trinajstić information content (AvgIpc) is 3.42. The highest BCUT2D eigenvalue weighted by atomic mass is 16.5. The Bertz CT molecular complexity index is 1070. The van der Waals surface area contributed by atoms with Gasteiger partial charge in [-0.25, -0.2) is 4.98 Å². The van der Waals surface area contributed by atoms with E-state index in [1.54, 1.807) is 0 Å². The van der Waals surface area contributed by atoms with Gasteiger partial charge in [0.15, 0.2) is 5.82 Å². The number of anilines is 1. The number of fused-ring (bicyclic) bond motifs is 5. The second-order valence-electron chi connectivity index (χ2n) is 8.75. The topological polar surface area (TPSA) is 79.0 Å². The van der Waals surface area contributed by atoms with E-state index >= 15 is 0 Å². The third-order valence-corrected chi connectivity index (χ3v) is 6.93. The fourth-order valence-corrected chi connectivity index (χ4v) is 5.19. The number of aromatic nitrogens is 4. The Morgan fingerprint density at radius 1 is 1.07 bits per heavy atom. The van der Waals surface area contributed by atoms with Gasteiger partial charge in [-0.15, -0.1) is 0 Å². The predicted molar refractivity (Wildman–Crippen MR) is 115 cm³/mol. The van der Waals surface area contributed by atoms with Crippen LogP contribution in [-0.4, -0.2) is 45.3 Å². The standard InChI is InChI=1S/C23H26N6O/c1-29(19-6-5-17-3-4-18(9-19)27-17)21-12-24-22-20-7-2-14(16-10-25-26-11-16)8-15(20)13-30-23(22)28-21/h2,7-8,10-12,17-19,27H,3-6,9,13H2,1H3,(H,25,26). The summed E-state index contributed by atoms with van der Waals surface area (Å²) in [6.45, 7) is 0.507. The quantitative estimate of drug-likeness (QED) is 0.698. The highest BCUT2D eigenvalue weighted by Crippen LogP contribution is 2.38. The van der Waals surface area contributed by atoms with Gasteiger partial charge in [-0.1, -0.05) is 12.1 Å². The van der Waals surface area contributed by atoms with Crippen LogP contribution in [0.25, 0.3) is 22.4 Å². The van der Waals surface area contributed by atoms with Crippen molar-refractivity contribution < 1.29 is 4.74 Å². The lowest BCUT2D eigenvalue weighted by molar-refractivity contribution is 0.288. The zero-order valence-electron chi connectivity index (χ0n) is 17.1. The van der Waals surface area contributed by atoms with Gasteiger partial charge in [-0.2, -0.15) is 10.1 Å². The van der Waals surface area contributed by atoms with Crippen molar-refractivity contribution in [1.29, 1.82) is 0 Å². The molecule has 0 spiro atoms. The summed E-state index contributed by atoms with van der Waals surface area (Å²) < 4.78 is 6.04. The number of rotatable bonds is 3. The highest BCUT2D eigenvalue weighted by molar-refractivity contribution is 5.75. The van der Waals surface area contributed by atoms with Crippen LogP contribution in [0.15, 0.2) is 36.8 Å². The third-order valence-electron chi connectivity index (χ3n) is 6.93. The van der Waals surface area contributed by atoms with Crippen LogP contribution >= 0.6 is 0 Å². The zero-order valence-corrected chi connectivity index (χ0v) is 17.1. The van der Waals surface area contributed by atoms with E-state index in [0.29, 0.717) is 30.6 Å². The van der Waals surface area contributed by atoms with Gasteiger partial charge < -0.3 is 15.0 Å². The molecule has 1 aromatic carbocycles. The van der Waals surface area contributed by atoms with Crippen LogP contribution in [0, 0.1) is 0 Å². The lowest BCUT2D eigenvalue weighted by atomic mass is 9.96. The molecular weight excluding hydrogens is 376 g/mol. The molecule has 3 aliphatic heterocycles. The molecule has 3 atom stereocenters. The molecule has 2 saturated heterocycles. The second kappa shape index (κ2) is 7.09. The Hall–Kier alpha value is -2.93. The second-order valence-corrected chi connectivity index (χ2v) is 8.75. The number of nitrogens with zero attached hydrogens (tertiary/aromatic N) is 4. The molecule has 0 saturated carbocycles. The minimum atomic E-state index is 0.494. The maximum atomic E-state index is 6.04. The Morgan fingerprint density at radius 2 is 1.97 bits per heavy atom. The fraction of sp³-hybridized carbons (Fsp3) is 0.435. The molecule has 0 amide bonds. The number of H-pyrrole nitrogens is 1. The van der Waals surface area contributed by atoms with Crippen molar-refractivity contribution in [3.8, 4) is 28.3 Å². The van der Waals surface area contributed by atoms with E-state index in [1.807, 2.05) is 18.6 Å². The zero-order chi connectivity index (χ0) is 20.1. The maximum Gasteiger partial charge on any atom is 0.242 e. The first-order valence-corrected chi connectivity index (χ1v) is 10.9. The summed E-state index contributed by atoms with van der Waals surface area (Å²) in [6, 6.07) is 8.21. The summed E-state index contributed by atoms with van der Waals surface area (Å²) in [5.41, 5.74) is 5.24. The summed E-state index contributed by atoms with van der Waals surface area (Å²) >= 11 is 0. The van der Waals surface area contributed by atoms with Crippen LogP contribution in [-0.2, 0) is 6.61 Å². The number of hydrogen-bond donors (Lipinski definition) is 2. The van der Waals surface area contributed by atoms with Gasteiger partial charge in [0, 0.05) is 42.5 Å². The van der Waals surface area contributed by atoms with E-state index in [0.717, 1.165) is 33.8 Å². The molecule has 3 aromatic rings. The molecule has 2 bridgehead atoms. The summed E-state index contributed by atoms with van der Waals surface area (Å²) in [5, 5.41) is 10.7. The first-order valence-electron chi connectivity index (χ1n) is 10.9. The van der Waals surface area contributed by atoms with E-state index in [9.17, 15) is 0 Å². The molecule has 2 N–H and O–H groups in total. The van der Waals surface area contributed by atoms with Crippen molar-refractivity contribution in [2.24, 2.45) is 0 Å². The van der Waals surface area contributed by atoms with Gasteiger partial charge in [0.25, 0.3) is 0 Å².